The lowest BCUT2D eigenvalue weighted by atomic mass is 10.1. The number of thiophene rings is 2. The van der Waals surface area contributed by atoms with Crippen LogP contribution in [0.2, 0.25) is 0 Å². The lowest BCUT2D eigenvalue weighted by Gasteiger charge is -2.05. The van der Waals surface area contributed by atoms with Crippen LogP contribution in [-0.2, 0) is 17.8 Å². The summed E-state index contributed by atoms with van der Waals surface area (Å²) in [4.78, 5) is 26.8. The molecule has 0 aliphatic heterocycles. The predicted octanol–water partition coefficient (Wildman–Crippen LogP) is 4.11. The maximum Gasteiger partial charge on any atom is 0.266 e. The molecule has 0 radical (unpaired) electrons. The smallest absolute Gasteiger partial charge is 0.266 e. The summed E-state index contributed by atoms with van der Waals surface area (Å²) in [6.45, 7) is 2.54. The van der Waals surface area contributed by atoms with Gasteiger partial charge in [-0.15, -0.1) is 22.7 Å². The van der Waals surface area contributed by atoms with Crippen molar-refractivity contribution in [3.63, 3.8) is 0 Å². The Hall–Kier alpha value is -2.97. The predicted molar refractivity (Wildman–Crippen MR) is 113 cm³/mol. The number of H-pyrrole nitrogens is 1. The Balaban J connectivity index is 1.39. The van der Waals surface area contributed by atoms with E-state index in [2.05, 4.69) is 20.8 Å². The molecule has 0 aliphatic carbocycles. The summed E-state index contributed by atoms with van der Waals surface area (Å²) in [5.41, 5.74) is 2.26. The number of hydrogen-bond donors (Lipinski definition) is 3. The van der Waals surface area contributed by atoms with Crippen LogP contribution in [0.25, 0.3) is 10.2 Å². The number of fused-ring (bicyclic) bond motifs is 1. The summed E-state index contributed by atoms with van der Waals surface area (Å²) in [6, 6.07) is 13.6. The number of carbonyl (C=O) groups is 2. The first-order valence-corrected chi connectivity index (χ1v) is 10.4. The molecule has 4 rings (SSSR count). The Morgan fingerprint density at radius 2 is 2.00 bits per heavy atom. The number of aryl methyl sites for hydroxylation is 1. The summed E-state index contributed by atoms with van der Waals surface area (Å²) < 4.78 is 0. The van der Waals surface area contributed by atoms with Gasteiger partial charge in [0.05, 0.1) is 16.7 Å². The van der Waals surface area contributed by atoms with Gasteiger partial charge in [-0.2, -0.15) is 5.10 Å². The maximum absolute atomic E-state index is 12.3. The Bertz CT molecular complexity index is 1110. The summed E-state index contributed by atoms with van der Waals surface area (Å²) in [5, 5.41) is 15.5. The van der Waals surface area contributed by atoms with Crippen molar-refractivity contribution in [1.82, 2.24) is 15.5 Å². The van der Waals surface area contributed by atoms with Crippen molar-refractivity contribution in [2.45, 2.75) is 19.9 Å². The number of aromatic amines is 1. The van der Waals surface area contributed by atoms with E-state index in [9.17, 15) is 9.59 Å². The molecule has 0 bridgehead atoms. The summed E-state index contributed by atoms with van der Waals surface area (Å²) in [7, 11) is 0. The van der Waals surface area contributed by atoms with E-state index >= 15 is 0 Å². The minimum Gasteiger partial charge on any atom is -0.352 e. The number of hydrogen-bond acceptors (Lipinski definition) is 5. The molecule has 0 atom stereocenters. The van der Waals surface area contributed by atoms with Crippen molar-refractivity contribution < 1.29 is 9.59 Å². The van der Waals surface area contributed by atoms with E-state index in [1.165, 1.54) is 28.2 Å². The Morgan fingerprint density at radius 1 is 1.18 bits per heavy atom. The van der Waals surface area contributed by atoms with E-state index in [0.717, 1.165) is 20.7 Å². The third kappa shape index (κ3) is 4.13. The average molecular weight is 411 g/mol. The zero-order valence-electron chi connectivity index (χ0n) is 15.1. The SMILES string of the molecule is Cc1ccc(CNC(=O)Cc2cc3c(NC(=O)c4cccs4)[nH]nc3s2)cc1. The summed E-state index contributed by atoms with van der Waals surface area (Å²) in [6.07, 6.45) is 0.283. The zero-order valence-corrected chi connectivity index (χ0v) is 16.7. The second-order valence-electron chi connectivity index (χ2n) is 6.40. The molecule has 3 aromatic heterocycles. The van der Waals surface area contributed by atoms with Gasteiger partial charge in [0.15, 0.2) is 0 Å². The van der Waals surface area contributed by atoms with Crippen LogP contribution in [0, 0.1) is 6.92 Å². The number of benzene rings is 1. The molecule has 0 fully saturated rings. The van der Waals surface area contributed by atoms with Crippen molar-refractivity contribution in [2.75, 3.05) is 5.32 Å². The highest BCUT2D eigenvalue weighted by Crippen LogP contribution is 2.30. The van der Waals surface area contributed by atoms with E-state index in [1.807, 2.05) is 48.7 Å². The number of nitrogens with one attached hydrogen (secondary N) is 3. The lowest BCUT2D eigenvalue weighted by Crippen LogP contribution is -2.24. The summed E-state index contributed by atoms with van der Waals surface area (Å²) >= 11 is 2.82. The van der Waals surface area contributed by atoms with Crippen molar-refractivity contribution in [3.05, 3.63) is 68.7 Å². The quantitative estimate of drug-likeness (QED) is 0.447. The topological polar surface area (TPSA) is 86.9 Å². The molecular weight excluding hydrogens is 392 g/mol. The maximum atomic E-state index is 12.3. The van der Waals surface area contributed by atoms with E-state index in [1.54, 1.807) is 6.07 Å². The largest absolute Gasteiger partial charge is 0.352 e. The first-order chi connectivity index (χ1) is 13.6. The fourth-order valence-corrected chi connectivity index (χ4v) is 4.36. The Labute approximate surface area is 169 Å². The van der Waals surface area contributed by atoms with Gasteiger partial charge in [-0.25, -0.2) is 0 Å². The van der Waals surface area contributed by atoms with Crippen LogP contribution in [0.3, 0.4) is 0 Å². The van der Waals surface area contributed by atoms with Gasteiger partial charge in [-0.05, 0) is 30.0 Å². The number of aromatic nitrogens is 2. The molecule has 2 amide bonds. The highest BCUT2D eigenvalue weighted by Gasteiger charge is 2.15. The van der Waals surface area contributed by atoms with Crippen LogP contribution in [0.15, 0.2) is 47.8 Å². The molecule has 8 heteroatoms. The van der Waals surface area contributed by atoms with Crippen LogP contribution in [-0.4, -0.2) is 22.0 Å². The number of nitrogens with zero attached hydrogens (tertiary/aromatic N) is 1. The van der Waals surface area contributed by atoms with Crippen molar-refractivity contribution in [3.8, 4) is 0 Å². The Kier molecular flexibility index (Phi) is 5.23. The minimum absolute atomic E-state index is 0.0439. The highest BCUT2D eigenvalue weighted by molar-refractivity contribution is 7.18. The molecular formula is C20H18N4O2S2. The van der Waals surface area contributed by atoms with Crippen LogP contribution in [0.1, 0.15) is 25.7 Å². The molecule has 0 saturated carbocycles. The van der Waals surface area contributed by atoms with Gasteiger partial charge in [0.1, 0.15) is 10.6 Å². The first kappa shape index (κ1) is 18.4. The minimum atomic E-state index is -0.177. The van der Waals surface area contributed by atoms with Crippen molar-refractivity contribution in [1.29, 1.82) is 0 Å². The Morgan fingerprint density at radius 3 is 2.75 bits per heavy atom. The normalized spacial score (nSPS) is 10.9. The molecule has 4 aromatic rings. The highest BCUT2D eigenvalue weighted by atomic mass is 32.1. The number of amides is 2. The van der Waals surface area contributed by atoms with Gasteiger partial charge in [0.25, 0.3) is 5.91 Å². The molecule has 0 spiro atoms. The van der Waals surface area contributed by atoms with Crippen LogP contribution in [0.4, 0.5) is 5.82 Å². The van der Waals surface area contributed by atoms with E-state index in [0.29, 0.717) is 17.2 Å². The van der Waals surface area contributed by atoms with Gasteiger partial charge in [-0.3, -0.25) is 14.7 Å². The molecule has 0 aliphatic rings. The standard InChI is InChI=1S/C20H18N4O2S2/c1-12-4-6-13(7-5-12)11-21-17(25)10-14-9-15-18(23-24-20(15)28-14)22-19(26)16-3-2-8-27-16/h2-9H,10-11H2,1H3,(H,21,25)(H2,22,23,24,26). The molecule has 1 aromatic carbocycles. The van der Waals surface area contributed by atoms with Gasteiger partial charge in [0.2, 0.25) is 5.91 Å². The molecule has 6 nitrogen and oxygen atoms in total. The van der Waals surface area contributed by atoms with Crippen LogP contribution in [0.5, 0.6) is 0 Å². The van der Waals surface area contributed by atoms with E-state index in [-0.39, 0.29) is 18.2 Å². The van der Waals surface area contributed by atoms with Crippen molar-refractivity contribution in [2.24, 2.45) is 0 Å². The van der Waals surface area contributed by atoms with Gasteiger partial charge < -0.3 is 10.6 Å². The average Bonchev–Trinajstić information content (AvgIpc) is 3.40. The van der Waals surface area contributed by atoms with Gasteiger partial charge in [-0.1, -0.05) is 35.9 Å². The third-order valence-electron chi connectivity index (χ3n) is 4.23. The number of anilines is 1. The first-order valence-electron chi connectivity index (χ1n) is 8.72. The number of rotatable bonds is 6. The molecule has 3 heterocycles. The molecule has 0 saturated heterocycles. The molecule has 3 N–H and O–H groups in total. The molecule has 28 heavy (non-hydrogen) atoms. The second-order valence-corrected chi connectivity index (χ2v) is 8.46. The number of carbonyl (C=O) groups excluding carboxylic acids is 2. The molecule has 0 unspecified atom stereocenters. The van der Waals surface area contributed by atoms with Crippen molar-refractivity contribution >= 4 is 50.5 Å². The summed E-state index contributed by atoms with van der Waals surface area (Å²) in [5.74, 6) is 0.331. The van der Waals surface area contributed by atoms with Crippen LogP contribution < -0.4 is 10.6 Å². The van der Waals surface area contributed by atoms with E-state index < -0.39 is 0 Å². The van der Waals surface area contributed by atoms with Crippen LogP contribution >= 0.6 is 22.7 Å². The van der Waals surface area contributed by atoms with Gasteiger partial charge in [0, 0.05) is 11.4 Å². The van der Waals surface area contributed by atoms with Gasteiger partial charge >= 0.3 is 0 Å². The fraction of sp³-hybridized carbons (Fsp3) is 0.150. The molecule has 142 valence electrons. The third-order valence-corrected chi connectivity index (χ3v) is 6.13. The lowest BCUT2D eigenvalue weighted by molar-refractivity contribution is -0.120. The van der Waals surface area contributed by atoms with E-state index in [4.69, 9.17) is 0 Å². The monoisotopic (exact) mass is 410 g/mol. The zero-order chi connectivity index (χ0) is 19.5. The fourth-order valence-electron chi connectivity index (χ4n) is 2.75. The second kappa shape index (κ2) is 7.95.